The molecule has 0 saturated carbocycles. The molecule has 52 valence electrons. The Hall–Kier alpha value is 3.46. The van der Waals surface area contributed by atoms with Crippen LogP contribution in [-0.2, 0) is 49.4 Å². The van der Waals surface area contributed by atoms with E-state index in [9.17, 15) is 0 Å². The third kappa shape index (κ3) is 85.6. The second-order valence-electron chi connectivity index (χ2n) is 0. The van der Waals surface area contributed by atoms with Gasteiger partial charge >= 0.3 is 80.8 Å². The Labute approximate surface area is 134 Å². The minimum Gasteiger partial charge on any atom is -2.00 e. The molecule has 0 saturated heterocycles. The van der Waals surface area contributed by atoms with E-state index in [1.54, 1.807) is 0 Å². The van der Waals surface area contributed by atoms with Gasteiger partial charge in [-0.05, 0) is 0 Å². The molecule has 3 nitrogen and oxygen atoms in total. The van der Waals surface area contributed by atoms with Crippen molar-refractivity contribution in [3.8, 4) is 0 Å². The minimum atomic E-state index is 0. The quantitative estimate of drug-likeness (QED) is 0.484. The van der Waals surface area contributed by atoms with Crippen molar-refractivity contribution in [2.75, 3.05) is 0 Å². The molecule has 0 aliphatic heterocycles. The second kappa shape index (κ2) is 105. The predicted molar refractivity (Wildman–Crippen MR) is 29.5 cm³/mol. The molecule has 0 rings (SSSR count). The normalized spacial score (nSPS) is 0. The molecule has 9 heavy (non-hydrogen) atoms. The van der Waals surface area contributed by atoms with Gasteiger partial charge < -0.3 is 22.1 Å². The van der Waals surface area contributed by atoms with E-state index in [4.69, 9.17) is 0 Å². The van der Waals surface area contributed by atoms with Gasteiger partial charge in [-0.1, -0.05) is 0 Å². The molecule has 0 unspecified atom stereocenters. The largest absolute Gasteiger partial charge is 3.00 e. The van der Waals surface area contributed by atoms with Crippen molar-refractivity contribution in [1.82, 2.24) is 0 Å². The fourth-order valence-corrected chi connectivity index (χ4v) is 0. The van der Waals surface area contributed by atoms with Gasteiger partial charge in [0.2, 0.25) is 0 Å². The fraction of sp³-hybridized carbons (Fsp3) is 0. The summed E-state index contributed by atoms with van der Waals surface area (Å²) in [5, 5.41) is 0. The summed E-state index contributed by atoms with van der Waals surface area (Å²) in [6.45, 7) is 0. The van der Waals surface area contributed by atoms with Gasteiger partial charge in [0.25, 0.3) is 0 Å². The van der Waals surface area contributed by atoms with Crippen LogP contribution < -0.4 is 0 Å². The molecular weight excluding hydrogens is 268 g/mol. The van der Waals surface area contributed by atoms with Gasteiger partial charge in [0, 0.05) is 33.0 Å². The topological polar surface area (TPSA) is 85.5 Å². The summed E-state index contributed by atoms with van der Waals surface area (Å²) in [5.41, 5.74) is 0. The van der Waals surface area contributed by atoms with E-state index in [0.717, 1.165) is 0 Å². The molecule has 0 aliphatic rings. The van der Waals surface area contributed by atoms with E-state index >= 15 is 0 Å². The van der Waals surface area contributed by atoms with E-state index in [2.05, 4.69) is 0 Å². The Balaban J connectivity index is 0. The smallest absolute Gasteiger partial charge is 2.00 e. The van der Waals surface area contributed by atoms with Crippen LogP contribution in [-0.4, -0.2) is 80.8 Å². The summed E-state index contributed by atoms with van der Waals surface area (Å²) >= 11 is 0. The third-order valence-electron chi connectivity index (χ3n) is 0. The molecule has 9 heteroatoms. The molecule has 0 fully saturated rings. The van der Waals surface area contributed by atoms with Crippen LogP contribution in [0.15, 0.2) is 0 Å². The summed E-state index contributed by atoms with van der Waals surface area (Å²) in [5.74, 6) is 0. The van der Waals surface area contributed by atoms with Crippen molar-refractivity contribution >= 4 is 80.8 Å². The average Bonchev–Trinajstić information content (AvgIpc) is 0. The van der Waals surface area contributed by atoms with Crippen LogP contribution in [0.2, 0.25) is 0 Å². The molecule has 0 spiro atoms. The molecule has 0 N–H and O–H groups in total. The number of rotatable bonds is 0. The molecule has 0 amide bonds. The predicted octanol–water partition coefficient (Wildman–Crippen LogP) is -1.43. The molecule has 0 aromatic carbocycles. The summed E-state index contributed by atoms with van der Waals surface area (Å²) in [7, 11) is 0. The van der Waals surface area contributed by atoms with Gasteiger partial charge in [-0.15, -0.1) is 0 Å². The molecular formula is H4Al2Mg2Ni2O3. The Kier molecular flexibility index (Phi) is 1590. The van der Waals surface area contributed by atoms with Gasteiger partial charge in [0.15, 0.2) is 0 Å². The van der Waals surface area contributed by atoms with Gasteiger partial charge in [0.1, 0.15) is 0 Å². The van der Waals surface area contributed by atoms with Crippen molar-refractivity contribution in [3.63, 3.8) is 0 Å². The first-order chi connectivity index (χ1) is 0. The summed E-state index contributed by atoms with van der Waals surface area (Å²) in [6, 6.07) is 0. The van der Waals surface area contributed by atoms with E-state index in [0.29, 0.717) is 0 Å². The monoisotopic (exact) mass is 270 g/mol. The van der Waals surface area contributed by atoms with Crippen LogP contribution in [0.5, 0.6) is 0 Å². The zero-order chi connectivity index (χ0) is 0. The maximum absolute atomic E-state index is 0. The maximum Gasteiger partial charge on any atom is 3.00 e. The van der Waals surface area contributed by atoms with E-state index in [1.165, 1.54) is 0 Å². The standard InChI is InChI=1S/2Al.2Mg.2Ni.3O.4H/q2*+3;2*+2;;;3*-2;4*-1. The Morgan fingerprint density at radius 3 is 0.556 bits per heavy atom. The average molecular weight is 272 g/mol. The van der Waals surface area contributed by atoms with Gasteiger partial charge in [-0.2, -0.15) is 0 Å². The second-order valence-corrected chi connectivity index (χ2v) is 0. The summed E-state index contributed by atoms with van der Waals surface area (Å²) in [6.07, 6.45) is 0. The Morgan fingerprint density at radius 2 is 0.556 bits per heavy atom. The zero-order valence-corrected chi connectivity index (χ0v) is 11.5. The number of hydrogen-bond acceptors (Lipinski definition) is 0. The first-order valence-corrected chi connectivity index (χ1v) is 0. The van der Waals surface area contributed by atoms with Crippen LogP contribution in [0.4, 0.5) is 0 Å². The zero-order valence-electron chi connectivity index (χ0n) is 8.43. The first kappa shape index (κ1) is 136. The summed E-state index contributed by atoms with van der Waals surface area (Å²) < 4.78 is 0. The molecule has 0 atom stereocenters. The first-order valence-electron chi connectivity index (χ1n) is 0. The van der Waals surface area contributed by atoms with E-state index < -0.39 is 0 Å². The fourth-order valence-electron chi connectivity index (χ4n) is 0. The van der Waals surface area contributed by atoms with Crippen LogP contribution in [0.1, 0.15) is 5.71 Å². The van der Waals surface area contributed by atoms with Crippen molar-refractivity contribution in [1.29, 1.82) is 0 Å². The molecule has 0 aromatic rings. The molecule has 0 heterocycles. The molecule has 0 bridgehead atoms. The van der Waals surface area contributed by atoms with Crippen LogP contribution >= 0.6 is 0 Å². The van der Waals surface area contributed by atoms with Gasteiger partial charge in [-0.3, -0.25) is 0 Å². The SMILES string of the molecule is [Al+3].[Al+3].[H-].[H-].[H-].[H-].[Mg+2].[Mg+2].[Ni].[Ni].[O-2].[O-2].[O-2]. The Morgan fingerprint density at radius 1 is 0.556 bits per heavy atom. The van der Waals surface area contributed by atoms with Crippen LogP contribution in [0.3, 0.4) is 0 Å². The third-order valence-corrected chi connectivity index (χ3v) is 0. The maximum atomic E-state index is 0. The molecule has 0 aliphatic carbocycles. The van der Waals surface area contributed by atoms with Crippen molar-refractivity contribution in [3.05, 3.63) is 0 Å². The number of hydrogen-bond donors (Lipinski definition) is 0. The van der Waals surface area contributed by atoms with Gasteiger partial charge in [0.05, 0.1) is 0 Å². The summed E-state index contributed by atoms with van der Waals surface area (Å²) in [4.78, 5) is 0. The Bertz CT molecular complexity index is 29.4. The van der Waals surface area contributed by atoms with Crippen LogP contribution in [0.25, 0.3) is 0 Å². The van der Waals surface area contributed by atoms with Crippen molar-refractivity contribution < 1.29 is 55.1 Å². The van der Waals surface area contributed by atoms with Crippen molar-refractivity contribution in [2.45, 2.75) is 0 Å². The van der Waals surface area contributed by atoms with E-state index in [1.807, 2.05) is 0 Å². The van der Waals surface area contributed by atoms with Crippen molar-refractivity contribution in [2.24, 2.45) is 0 Å². The molecule has 0 radical (unpaired) electrons. The minimum absolute atomic E-state index is 0. The van der Waals surface area contributed by atoms with Crippen LogP contribution in [0, 0.1) is 0 Å². The van der Waals surface area contributed by atoms with Gasteiger partial charge in [-0.25, -0.2) is 0 Å². The van der Waals surface area contributed by atoms with E-state index in [-0.39, 0.29) is 136 Å². The molecule has 0 aromatic heterocycles.